The lowest BCUT2D eigenvalue weighted by atomic mass is 9.92. The normalized spacial score (nSPS) is 13.2. The van der Waals surface area contributed by atoms with E-state index >= 15 is 0 Å². The number of carbonyl (C=O) groups is 2. The topological polar surface area (TPSA) is 87.7 Å². The molecule has 0 aromatic heterocycles. The average Bonchev–Trinajstić information content (AvgIpc) is 2.47. The van der Waals surface area contributed by atoms with Crippen LogP contribution in [0.15, 0.2) is 30.3 Å². The van der Waals surface area contributed by atoms with Gasteiger partial charge in [-0.3, -0.25) is 0 Å². The molecule has 0 radical (unpaired) electrons. The van der Waals surface area contributed by atoms with Crippen LogP contribution in [0.1, 0.15) is 25.3 Å². The molecule has 0 aliphatic heterocycles. The fourth-order valence-electron chi connectivity index (χ4n) is 1.87. The summed E-state index contributed by atoms with van der Waals surface area (Å²) < 4.78 is 4.91. The minimum atomic E-state index is -1.46. The Hall–Kier alpha value is -2.08. The Kier molecular flexibility index (Phi) is 6.68. The number of carbonyl (C=O) groups excluding carboxylic acids is 1. The van der Waals surface area contributed by atoms with E-state index in [1.54, 1.807) is 37.4 Å². The fourth-order valence-corrected chi connectivity index (χ4v) is 1.87. The van der Waals surface area contributed by atoms with Gasteiger partial charge in [0, 0.05) is 20.3 Å². The number of methoxy groups -OCH3 is 1. The first-order chi connectivity index (χ1) is 10.0. The summed E-state index contributed by atoms with van der Waals surface area (Å²) in [5, 5.41) is 14.6. The molecule has 6 nitrogen and oxygen atoms in total. The van der Waals surface area contributed by atoms with Gasteiger partial charge in [0.25, 0.3) is 0 Å². The predicted octanol–water partition coefficient (Wildman–Crippen LogP) is 1.71. The van der Waals surface area contributed by atoms with Gasteiger partial charge in [-0.25, -0.2) is 9.59 Å². The van der Waals surface area contributed by atoms with Crippen molar-refractivity contribution in [3.8, 4) is 0 Å². The Morgan fingerprint density at radius 1 is 1.24 bits per heavy atom. The zero-order valence-electron chi connectivity index (χ0n) is 12.4. The van der Waals surface area contributed by atoms with Gasteiger partial charge in [0.1, 0.15) is 0 Å². The average molecular weight is 294 g/mol. The molecule has 3 N–H and O–H groups in total. The van der Waals surface area contributed by atoms with Crippen molar-refractivity contribution in [1.29, 1.82) is 0 Å². The van der Waals surface area contributed by atoms with Gasteiger partial charge in [-0.2, -0.15) is 0 Å². The summed E-state index contributed by atoms with van der Waals surface area (Å²) in [7, 11) is 1.62. The number of amides is 2. The molecule has 6 heteroatoms. The molecule has 1 atom stereocenters. The number of nitrogens with one attached hydrogen (secondary N) is 2. The molecule has 0 spiro atoms. The summed E-state index contributed by atoms with van der Waals surface area (Å²) in [6.07, 6.45) is 1.61. The lowest BCUT2D eigenvalue weighted by molar-refractivity contribution is -0.144. The zero-order valence-corrected chi connectivity index (χ0v) is 12.4. The minimum Gasteiger partial charge on any atom is -0.479 e. The number of carboxylic acids is 1. The number of rotatable bonds is 8. The Balaban J connectivity index is 2.59. The largest absolute Gasteiger partial charge is 0.479 e. The number of hydrogen-bond donors (Lipinski definition) is 3. The van der Waals surface area contributed by atoms with Gasteiger partial charge in [-0.05, 0) is 25.3 Å². The van der Waals surface area contributed by atoms with Crippen molar-refractivity contribution in [2.75, 3.05) is 20.3 Å². The molecule has 1 aromatic rings. The number of benzene rings is 1. The monoisotopic (exact) mass is 294 g/mol. The van der Waals surface area contributed by atoms with Crippen molar-refractivity contribution < 1.29 is 19.4 Å². The van der Waals surface area contributed by atoms with Gasteiger partial charge in [0.15, 0.2) is 5.54 Å². The second kappa shape index (κ2) is 8.26. The molecule has 0 saturated carbocycles. The Morgan fingerprint density at radius 2 is 1.90 bits per heavy atom. The first-order valence-corrected chi connectivity index (χ1v) is 6.84. The van der Waals surface area contributed by atoms with Gasteiger partial charge in [0.2, 0.25) is 0 Å². The third-order valence-electron chi connectivity index (χ3n) is 3.20. The molecule has 0 bridgehead atoms. The number of aliphatic carboxylic acids is 1. The summed E-state index contributed by atoms with van der Waals surface area (Å²) in [4.78, 5) is 23.4. The molecule has 1 unspecified atom stereocenters. The molecule has 2 amide bonds. The summed E-state index contributed by atoms with van der Waals surface area (Å²) >= 11 is 0. The van der Waals surface area contributed by atoms with E-state index in [2.05, 4.69) is 10.6 Å². The summed E-state index contributed by atoms with van der Waals surface area (Å²) in [5.41, 5.74) is -0.940. The second-order valence-corrected chi connectivity index (χ2v) is 4.88. The van der Waals surface area contributed by atoms with Crippen LogP contribution in [0.5, 0.6) is 0 Å². The number of unbranched alkanes of at least 4 members (excludes halogenated alkanes) is 1. The maximum atomic E-state index is 11.9. The maximum Gasteiger partial charge on any atom is 0.333 e. The predicted molar refractivity (Wildman–Crippen MR) is 79.1 cm³/mol. The minimum absolute atomic E-state index is 0.472. The van der Waals surface area contributed by atoms with Crippen LogP contribution < -0.4 is 10.6 Å². The summed E-state index contributed by atoms with van der Waals surface area (Å²) in [6.45, 7) is 2.58. The summed E-state index contributed by atoms with van der Waals surface area (Å²) in [6, 6.07) is 8.12. The molecule has 1 aromatic carbocycles. The van der Waals surface area contributed by atoms with E-state index < -0.39 is 17.5 Å². The summed E-state index contributed by atoms with van der Waals surface area (Å²) in [5.74, 6) is -1.11. The van der Waals surface area contributed by atoms with E-state index in [0.29, 0.717) is 18.7 Å². The van der Waals surface area contributed by atoms with Crippen molar-refractivity contribution >= 4 is 12.0 Å². The van der Waals surface area contributed by atoms with Crippen LogP contribution in [0.2, 0.25) is 0 Å². The molecular weight excluding hydrogens is 272 g/mol. The molecule has 0 saturated heterocycles. The Bertz CT molecular complexity index is 464. The molecule has 0 aliphatic rings. The lowest BCUT2D eigenvalue weighted by Crippen LogP contribution is -2.53. The van der Waals surface area contributed by atoms with Crippen LogP contribution in [0.25, 0.3) is 0 Å². The third kappa shape index (κ3) is 5.07. The van der Waals surface area contributed by atoms with Gasteiger partial charge in [0.05, 0.1) is 0 Å². The van der Waals surface area contributed by atoms with Crippen LogP contribution >= 0.6 is 0 Å². The molecule has 1 rings (SSSR count). The van der Waals surface area contributed by atoms with E-state index in [9.17, 15) is 14.7 Å². The highest BCUT2D eigenvalue weighted by Gasteiger charge is 2.36. The first-order valence-electron chi connectivity index (χ1n) is 6.84. The van der Waals surface area contributed by atoms with Gasteiger partial charge >= 0.3 is 12.0 Å². The Labute approximate surface area is 124 Å². The standard InChI is InChI=1S/C15H22N2O4/c1-15(13(18)19,12-8-4-3-5-9-12)17-14(20)16-10-6-7-11-21-2/h3-5,8-9H,6-7,10-11H2,1-2H3,(H,18,19)(H2,16,17,20). The molecule has 116 valence electrons. The first kappa shape index (κ1) is 17.0. The van der Waals surface area contributed by atoms with E-state index in [4.69, 9.17) is 4.74 Å². The number of urea groups is 1. The highest BCUT2D eigenvalue weighted by Crippen LogP contribution is 2.20. The van der Waals surface area contributed by atoms with Crippen LogP contribution in [-0.2, 0) is 15.1 Å². The molecule has 0 heterocycles. The van der Waals surface area contributed by atoms with E-state index in [-0.39, 0.29) is 0 Å². The van der Waals surface area contributed by atoms with Crippen LogP contribution in [-0.4, -0.2) is 37.4 Å². The fraction of sp³-hybridized carbons (Fsp3) is 0.467. The number of ether oxygens (including phenoxy) is 1. The second-order valence-electron chi connectivity index (χ2n) is 4.88. The SMILES string of the molecule is COCCCCNC(=O)NC(C)(C(=O)O)c1ccccc1. The van der Waals surface area contributed by atoms with Crippen LogP contribution in [0, 0.1) is 0 Å². The van der Waals surface area contributed by atoms with Crippen molar-refractivity contribution in [3.05, 3.63) is 35.9 Å². The zero-order chi connectivity index (χ0) is 15.7. The Morgan fingerprint density at radius 3 is 2.48 bits per heavy atom. The highest BCUT2D eigenvalue weighted by molar-refractivity contribution is 5.87. The van der Waals surface area contributed by atoms with Gasteiger partial charge in [-0.15, -0.1) is 0 Å². The van der Waals surface area contributed by atoms with Crippen molar-refractivity contribution in [2.24, 2.45) is 0 Å². The molecular formula is C15H22N2O4. The number of carboxylic acid groups (broad SMARTS) is 1. The quantitative estimate of drug-likeness (QED) is 0.637. The van der Waals surface area contributed by atoms with E-state index in [1.165, 1.54) is 6.92 Å². The van der Waals surface area contributed by atoms with E-state index in [0.717, 1.165) is 12.8 Å². The van der Waals surface area contributed by atoms with Crippen molar-refractivity contribution in [2.45, 2.75) is 25.3 Å². The highest BCUT2D eigenvalue weighted by atomic mass is 16.5. The van der Waals surface area contributed by atoms with E-state index in [1.807, 2.05) is 0 Å². The van der Waals surface area contributed by atoms with Gasteiger partial charge in [-0.1, -0.05) is 30.3 Å². The van der Waals surface area contributed by atoms with Gasteiger partial charge < -0.3 is 20.5 Å². The molecule has 21 heavy (non-hydrogen) atoms. The molecule has 0 aliphatic carbocycles. The van der Waals surface area contributed by atoms with Crippen LogP contribution in [0.4, 0.5) is 4.79 Å². The van der Waals surface area contributed by atoms with Crippen molar-refractivity contribution in [1.82, 2.24) is 10.6 Å². The third-order valence-corrected chi connectivity index (χ3v) is 3.20. The maximum absolute atomic E-state index is 11.9. The van der Waals surface area contributed by atoms with Crippen LogP contribution in [0.3, 0.4) is 0 Å². The lowest BCUT2D eigenvalue weighted by Gasteiger charge is -2.26. The number of hydrogen-bond acceptors (Lipinski definition) is 3. The molecule has 0 fully saturated rings. The smallest absolute Gasteiger partial charge is 0.333 e. The van der Waals surface area contributed by atoms with Crippen molar-refractivity contribution in [3.63, 3.8) is 0 Å².